The molecule has 5 nitrogen and oxygen atoms in total. The first-order valence-electron chi connectivity index (χ1n) is 8.70. The average Bonchev–Trinajstić information content (AvgIpc) is 3.00. The van der Waals surface area contributed by atoms with Gasteiger partial charge in [0.1, 0.15) is 12.6 Å². The third-order valence-electron chi connectivity index (χ3n) is 5.16. The van der Waals surface area contributed by atoms with Crippen LogP contribution < -0.4 is 5.32 Å². The summed E-state index contributed by atoms with van der Waals surface area (Å²) in [5.41, 5.74) is 4.85. The Kier molecular flexibility index (Phi) is 4.53. The molecule has 0 aromatic heterocycles. The quantitative estimate of drug-likeness (QED) is 0.829. The highest BCUT2D eigenvalue weighted by molar-refractivity contribution is 5.80. The van der Waals surface area contributed by atoms with Gasteiger partial charge in [0, 0.05) is 25.6 Å². The molecule has 1 unspecified atom stereocenters. The van der Waals surface area contributed by atoms with Crippen LogP contribution in [0.4, 0.5) is 0 Å². The second-order valence-corrected chi connectivity index (χ2v) is 6.53. The number of ether oxygens (including phenoxy) is 1. The molecule has 2 N–H and O–H groups in total. The van der Waals surface area contributed by atoms with E-state index in [0.29, 0.717) is 19.7 Å². The normalized spacial score (nSPS) is 20.1. The Labute approximate surface area is 147 Å². The van der Waals surface area contributed by atoms with Crippen LogP contribution >= 0.6 is 0 Å². The van der Waals surface area contributed by atoms with Gasteiger partial charge in [-0.25, -0.2) is 0 Å². The molecule has 25 heavy (non-hydrogen) atoms. The number of fused-ring (bicyclic) bond motifs is 3. The van der Waals surface area contributed by atoms with Crippen molar-refractivity contribution in [2.75, 3.05) is 33.0 Å². The molecule has 0 spiro atoms. The van der Waals surface area contributed by atoms with Crippen molar-refractivity contribution in [1.82, 2.24) is 10.2 Å². The van der Waals surface area contributed by atoms with Gasteiger partial charge in [-0.05, 0) is 22.3 Å². The number of aliphatic hydroxyl groups excluding tert-OH is 1. The van der Waals surface area contributed by atoms with Crippen LogP contribution in [0.3, 0.4) is 0 Å². The lowest BCUT2D eigenvalue weighted by molar-refractivity contribution is -0.152. The van der Waals surface area contributed by atoms with Crippen LogP contribution in [0.1, 0.15) is 17.0 Å². The van der Waals surface area contributed by atoms with E-state index in [1.54, 1.807) is 4.90 Å². The molecule has 1 aliphatic carbocycles. The molecular formula is C20H22N2O3. The molecule has 4 rings (SSSR count). The summed E-state index contributed by atoms with van der Waals surface area (Å²) in [5.74, 6) is -0.210. The molecule has 0 saturated carbocycles. The van der Waals surface area contributed by atoms with E-state index < -0.39 is 6.04 Å². The van der Waals surface area contributed by atoms with Crippen LogP contribution in [-0.2, 0) is 9.53 Å². The zero-order valence-corrected chi connectivity index (χ0v) is 14.0. The number of carbonyl (C=O) groups is 1. The largest absolute Gasteiger partial charge is 0.463 e. The molecule has 0 radical (unpaired) electrons. The van der Waals surface area contributed by atoms with Crippen LogP contribution in [0, 0.1) is 0 Å². The number of piperazine rings is 1. The molecule has 2 aromatic carbocycles. The highest BCUT2D eigenvalue weighted by Gasteiger charge is 2.32. The zero-order valence-electron chi connectivity index (χ0n) is 14.0. The van der Waals surface area contributed by atoms with E-state index in [4.69, 9.17) is 4.74 Å². The number of nitrogens with one attached hydrogen (secondary N) is 1. The van der Waals surface area contributed by atoms with Crippen LogP contribution in [-0.4, -0.2) is 55.0 Å². The van der Waals surface area contributed by atoms with E-state index in [1.807, 2.05) is 24.3 Å². The van der Waals surface area contributed by atoms with Gasteiger partial charge in [0.25, 0.3) is 0 Å². The Morgan fingerprint density at radius 2 is 1.76 bits per heavy atom. The van der Waals surface area contributed by atoms with E-state index >= 15 is 0 Å². The first-order chi connectivity index (χ1) is 12.3. The van der Waals surface area contributed by atoms with Crippen molar-refractivity contribution in [3.63, 3.8) is 0 Å². The highest BCUT2D eigenvalue weighted by Crippen LogP contribution is 2.44. The highest BCUT2D eigenvalue weighted by atomic mass is 16.5. The van der Waals surface area contributed by atoms with E-state index in [9.17, 15) is 9.90 Å². The third-order valence-corrected chi connectivity index (χ3v) is 5.16. The van der Waals surface area contributed by atoms with Crippen molar-refractivity contribution in [1.29, 1.82) is 0 Å². The maximum Gasteiger partial charge on any atom is 0.324 e. The van der Waals surface area contributed by atoms with Crippen LogP contribution in [0.5, 0.6) is 0 Å². The number of rotatable bonds is 4. The fourth-order valence-corrected chi connectivity index (χ4v) is 3.85. The zero-order chi connectivity index (χ0) is 17.2. The Morgan fingerprint density at radius 3 is 2.40 bits per heavy atom. The lowest BCUT2D eigenvalue weighted by Gasteiger charge is -2.33. The number of nitrogens with zero attached hydrogens (tertiary/aromatic N) is 1. The fraction of sp³-hybridized carbons (Fsp3) is 0.350. The number of aliphatic hydroxyl groups is 1. The van der Waals surface area contributed by atoms with Crippen LogP contribution in [0.15, 0.2) is 48.5 Å². The summed E-state index contributed by atoms with van der Waals surface area (Å²) in [6.45, 7) is 2.12. The molecule has 2 aliphatic rings. The van der Waals surface area contributed by atoms with Gasteiger partial charge in [0.05, 0.1) is 6.73 Å². The SMILES string of the molecule is O=C(OCC1c2ccccc2-c2ccccc21)C1CNCCN1CO. The van der Waals surface area contributed by atoms with E-state index in [-0.39, 0.29) is 18.6 Å². The minimum absolute atomic E-state index is 0.0653. The predicted octanol–water partition coefficient (Wildman–Crippen LogP) is 1.57. The summed E-state index contributed by atoms with van der Waals surface area (Å²) < 4.78 is 5.68. The van der Waals surface area contributed by atoms with Gasteiger partial charge in [-0.2, -0.15) is 0 Å². The maximum absolute atomic E-state index is 12.5. The van der Waals surface area contributed by atoms with Crippen LogP contribution in [0.25, 0.3) is 11.1 Å². The Hall–Kier alpha value is -2.21. The summed E-state index contributed by atoms with van der Waals surface area (Å²) in [6.07, 6.45) is 0. The van der Waals surface area contributed by atoms with Gasteiger partial charge in [-0.1, -0.05) is 48.5 Å². The van der Waals surface area contributed by atoms with Gasteiger partial charge < -0.3 is 15.2 Å². The Balaban J connectivity index is 1.52. The number of hydrogen-bond donors (Lipinski definition) is 2. The molecule has 2 aromatic rings. The minimum atomic E-state index is -0.425. The number of esters is 1. The lowest BCUT2D eigenvalue weighted by atomic mass is 9.98. The maximum atomic E-state index is 12.5. The van der Waals surface area contributed by atoms with Gasteiger partial charge in [-0.15, -0.1) is 0 Å². The number of benzene rings is 2. The summed E-state index contributed by atoms with van der Waals surface area (Å²) in [6, 6.07) is 16.2. The predicted molar refractivity (Wildman–Crippen MR) is 95.1 cm³/mol. The molecule has 0 amide bonds. The summed E-state index contributed by atoms with van der Waals surface area (Å²) >= 11 is 0. The van der Waals surface area contributed by atoms with Gasteiger partial charge >= 0.3 is 5.97 Å². The lowest BCUT2D eigenvalue weighted by Crippen LogP contribution is -2.55. The molecule has 5 heteroatoms. The summed E-state index contributed by atoms with van der Waals surface area (Å²) in [7, 11) is 0. The molecule has 130 valence electrons. The van der Waals surface area contributed by atoms with Gasteiger partial charge in [0.15, 0.2) is 0 Å². The van der Waals surface area contributed by atoms with E-state index in [0.717, 1.165) is 6.54 Å². The second-order valence-electron chi connectivity index (χ2n) is 6.53. The summed E-state index contributed by atoms with van der Waals surface area (Å²) in [5, 5.41) is 12.6. The molecule has 1 aliphatic heterocycles. The van der Waals surface area contributed by atoms with Crippen molar-refractivity contribution in [3.8, 4) is 11.1 Å². The van der Waals surface area contributed by atoms with Crippen molar-refractivity contribution in [2.24, 2.45) is 0 Å². The van der Waals surface area contributed by atoms with Crippen molar-refractivity contribution in [3.05, 3.63) is 59.7 Å². The smallest absolute Gasteiger partial charge is 0.324 e. The third kappa shape index (κ3) is 2.95. The van der Waals surface area contributed by atoms with Gasteiger partial charge in [-0.3, -0.25) is 9.69 Å². The van der Waals surface area contributed by atoms with Crippen molar-refractivity contribution < 1.29 is 14.6 Å². The minimum Gasteiger partial charge on any atom is -0.463 e. The molecule has 1 saturated heterocycles. The first kappa shape index (κ1) is 16.3. The van der Waals surface area contributed by atoms with Crippen LogP contribution in [0.2, 0.25) is 0 Å². The topological polar surface area (TPSA) is 61.8 Å². The second kappa shape index (κ2) is 6.96. The average molecular weight is 338 g/mol. The fourth-order valence-electron chi connectivity index (χ4n) is 3.85. The molecule has 1 atom stereocenters. The van der Waals surface area contributed by atoms with Crippen molar-refractivity contribution in [2.45, 2.75) is 12.0 Å². The standard InChI is InChI=1S/C20H22N2O3/c23-13-22-10-9-21-11-19(22)20(24)25-12-18-16-7-3-1-5-14(16)15-6-2-4-8-17(15)18/h1-8,18-19,21,23H,9-13H2. The molecular weight excluding hydrogens is 316 g/mol. The van der Waals surface area contributed by atoms with Gasteiger partial charge in [0.2, 0.25) is 0 Å². The Bertz CT molecular complexity index is 732. The van der Waals surface area contributed by atoms with E-state index in [1.165, 1.54) is 22.3 Å². The number of carbonyl (C=O) groups excluding carboxylic acids is 1. The molecule has 0 bridgehead atoms. The first-order valence-corrected chi connectivity index (χ1v) is 8.70. The summed E-state index contributed by atoms with van der Waals surface area (Å²) in [4.78, 5) is 14.3. The monoisotopic (exact) mass is 338 g/mol. The number of hydrogen-bond acceptors (Lipinski definition) is 5. The van der Waals surface area contributed by atoms with E-state index in [2.05, 4.69) is 29.6 Å². The Morgan fingerprint density at radius 1 is 1.12 bits per heavy atom. The molecule has 1 heterocycles. The molecule has 1 fully saturated rings. The van der Waals surface area contributed by atoms with Crippen molar-refractivity contribution >= 4 is 5.97 Å².